The van der Waals surface area contributed by atoms with Crippen LogP contribution in [0.5, 0.6) is 11.5 Å². The number of rotatable bonds is 5. The third-order valence-electron chi connectivity index (χ3n) is 2.86. The van der Waals surface area contributed by atoms with Gasteiger partial charge in [-0.2, -0.15) is 0 Å². The molecule has 4 nitrogen and oxygen atoms in total. The molecule has 1 aromatic rings. The van der Waals surface area contributed by atoms with Crippen LogP contribution >= 0.6 is 0 Å². The van der Waals surface area contributed by atoms with E-state index < -0.39 is 17.4 Å². The lowest BCUT2D eigenvalue weighted by Crippen LogP contribution is -2.25. The van der Waals surface area contributed by atoms with E-state index in [2.05, 4.69) is 0 Å². The van der Waals surface area contributed by atoms with E-state index in [4.69, 9.17) is 19.3 Å². The third-order valence-corrected chi connectivity index (χ3v) is 2.86. The van der Waals surface area contributed by atoms with Crippen LogP contribution in [-0.4, -0.2) is 37.6 Å². The summed E-state index contributed by atoms with van der Waals surface area (Å²) in [6, 6.07) is 1.87. The third kappa shape index (κ3) is 4.04. The van der Waals surface area contributed by atoms with Crippen molar-refractivity contribution < 1.29 is 28.1 Å². The Morgan fingerprint density at radius 1 is 1.16 bits per heavy atom. The first-order chi connectivity index (χ1) is 9.16. The molecule has 1 aliphatic heterocycles. The van der Waals surface area contributed by atoms with Crippen LogP contribution in [0.15, 0.2) is 12.1 Å². The van der Waals surface area contributed by atoms with Crippen molar-refractivity contribution in [2.75, 3.05) is 26.4 Å². The molecule has 106 valence electrons. The van der Waals surface area contributed by atoms with E-state index >= 15 is 0 Å². The second-order valence-electron chi connectivity index (χ2n) is 4.27. The summed E-state index contributed by atoms with van der Waals surface area (Å²) in [5.41, 5.74) is 0. The molecule has 1 N–H and O–H groups in total. The van der Waals surface area contributed by atoms with Crippen molar-refractivity contribution in [1.82, 2.24) is 0 Å². The fraction of sp³-hybridized carbons (Fsp3) is 0.538. The van der Waals surface area contributed by atoms with Crippen molar-refractivity contribution >= 4 is 0 Å². The molecule has 0 unspecified atom stereocenters. The topological polar surface area (TPSA) is 47.9 Å². The normalized spacial score (nSPS) is 16.5. The van der Waals surface area contributed by atoms with Gasteiger partial charge in [-0.25, -0.2) is 8.78 Å². The predicted molar refractivity (Wildman–Crippen MR) is 63.3 cm³/mol. The molecule has 0 bridgehead atoms. The molecule has 0 saturated carbocycles. The fourth-order valence-corrected chi connectivity index (χ4v) is 1.84. The second-order valence-corrected chi connectivity index (χ2v) is 4.27. The Morgan fingerprint density at radius 2 is 1.79 bits per heavy atom. The van der Waals surface area contributed by atoms with Crippen molar-refractivity contribution in [2.24, 2.45) is 0 Å². The van der Waals surface area contributed by atoms with Crippen molar-refractivity contribution in [3.63, 3.8) is 0 Å². The molecule has 19 heavy (non-hydrogen) atoms. The molecule has 1 aromatic carbocycles. The molecule has 0 aromatic heterocycles. The lowest BCUT2D eigenvalue weighted by atomic mass is 10.2. The van der Waals surface area contributed by atoms with Gasteiger partial charge in [-0.3, -0.25) is 0 Å². The summed E-state index contributed by atoms with van der Waals surface area (Å²) >= 11 is 0. The van der Waals surface area contributed by atoms with Crippen molar-refractivity contribution in [3.8, 4) is 11.5 Å². The molecule has 0 atom stereocenters. The van der Waals surface area contributed by atoms with Gasteiger partial charge < -0.3 is 19.3 Å². The van der Waals surface area contributed by atoms with Crippen molar-refractivity contribution in [2.45, 2.75) is 18.9 Å². The molecule has 0 spiro atoms. The maximum absolute atomic E-state index is 13.0. The quantitative estimate of drug-likeness (QED) is 0.837. The molecule has 0 amide bonds. The molecule has 1 saturated heterocycles. The van der Waals surface area contributed by atoms with Crippen LogP contribution in [0.3, 0.4) is 0 Å². The van der Waals surface area contributed by atoms with E-state index in [0.29, 0.717) is 19.8 Å². The molecular weight excluding hydrogens is 258 g/mol. The Hall–Kier alpha value is -1.40. The Labute approximate surface area is 109 Å². The smallest absolute Gasteiger partial charge is 0.188 e. The van der Waals surface area contributed by atoms with Crippen LogP contribution in [0.2, 0.25) is 0 Å². The Balaban J connectivity index is 1.73. The van der Waals surface area contributed by atoms with Gasteiger partial charge in [-0.15, -0.1) is 0 Å². The number of hydrogen-bond acceptors (Lipinski definition) is 4. The van der Waals surface area contributed by atoms with Gasteiger partial charge in [0.1, 0.15) is 12.4 Å². The lowest BCUT2D eigenvalue weighted by molar-refractivity contribution is -0.0388. The molecular formula is C13H16F2O4. The van der Waals surface area contributed by atoms with Crippen LogP contribution < -0.4 is 4.74 Å². The summed E-state index contributed by atoms with van der Waals surface area (Å²) in [7, 11) is 0. The van der Waals surface area contributed by atoms with Gasteiger partial charge >= 0.3 is 0 Å². The van der Waals surface area contributed by atoms with E-state index in [1.807, 2.05) is 0 Å². The Kier molecular flexibility index (Phi) is 4.93. The van der Waals surface area contributed by atoms with Crippen LogP contribution in [0.25, 0.3) is 0 Å². The van der Waals surface area contributed by atoms with E-state index in [9.17, 15) is 8.78 Å². The zero-order chi connectivity index (χ0) is 13.7. The maximum atomic E-state index is 13.0. The Morgan fingerprint density at radius 3 is 2.42 bits per heavy atom. The average Bonchev–Trinajstić information content (AvgIpc) is 2.42. The molecule has 0 aliphatic carbocycles. The molecule has 6 heteroatoms. The minimum absolute atomic E-state index is 0.0309. The maximum Gasteiger partial charge on any atom is 0.188 e. The number of halogens is 2. The lowest BCUT2D eigenvalue weighted by Gasteiger charge is -2.22. The van der Waals surface area contributed by atoms with Gasteiger partial charge in [-0.05, 0) is 12.8 Å². The number of phenols is 1. The van der Waals surface area contributed by atoms with Crippen LogP contribution in [0, 0.1) is 11.6 Å². The summed E-state index contributed by atoms with van der Waals surface area (Å²) < 4.78 is 42.0. The highest BCUT2D eigenvalue weighted by Gasteiger charge is 2.14. The molecule has 1 fully saturated rings. The molecule has 0 radical (unpaired) electrons. The highest BCUT2D eigenvalue weighted by molar-refractivity contribution is 5.33. The highest BCUT2D eigenvalue weighted by atomic mass is 19.1. The standard InChI is InChI=1S/C13H16F2O4/c14-11-7-10(8-12(15)13(11)16)19-6-5-18-9-1-3-17-4-2-9/h7-9,16H,1-6H2. The number of ether oxygens (including phenoxy) is 3. The minimum atomic E-state index is -1.04. The zero-order valence-corrected chi connectivity index (χ0v) is 10.4. The van der Waals surface area contributed by atoms with Gasteiger partial charge in [0.15, 0.2) is 17.4 Å². The van der Waals surface area contributed by atoms with Crippen LogP contribution in [0.1, 0.15) is 12.8 Å². The number of aromatic hydroxyl groups is 1. The van der Waals surface area contributed by atoms with Crippen LogP contribution in [-0.2, 0) is 9.47 Å². The van der Waals surface area contributed by atoms with Gasteiger partial charge in [-0.1, -0.05) is 0 Å². The van der Waals surface area contributed by atoms with Gasteiger partial charge in [0.25, 0.3) is 0 Å². The number of phenolic OH excluding ortho intramolecular Hbond substituents is 1. The molecule has 1 aliphatic rings. The molecule has 1 heterocycles. The summed E-state index contributed by atoms with van der Waals surface area (Å²) in [5.74, 6) is -3.05. The summed E-state index contributed by atoms with van der Waals surface area (Å²) in [5, 5.41) is 8.93. The van der Waals surface area contributed by atoms with Crippen molar-refractivity contribution in [3.05, 3.63) is 23.8 Å². The molecule has 2 rings (SSSR count). The summed E-state index contributed by atoms with van der Waals surface area (Å²) in [4.78, 5) is 0. The van der Waals surface area contributed by atoms with Crippen molar-refractivity contribution in [1.29, 1.82) is 0 Å². The summed E-state index contributed by atoms with van der Waals surface area (Å²) in [6.07, 6.45) is 1.86. The zero-order valence-electron chi connectivity index (χ0n) is 10.4. The van der Waals surface area contributed by atoms with Crippen LogP contribution in [0.4, 0.5) is 8.78 Å². The SMILES string of the molecule is Oc1c(F)cc(OCCOC2CCOCC2)cc1F. The second kappa shape index (κ2) is 6.68. The van der Waals surface area contributed by atoms with Gasteiger partial charge in [0.2, 0.25) is 0 Å². The highest BCUT2D eigenvalue weighted by Crippen LogP contribution is 2.25. The fourth-order valence-electron chi connectivity index (χ4n) is 1.84. The van der Waals surface area contributed by atoms with E-state index in [-0.39, 0.29) is 18.5 Å². The predicted octanol–water partition coefficient (Wildman–Crippen LogP) is 2.24. The van der Waals surface area contributed by atoms with E-state index in [1.54, 1.807) is 0 Å². The summed E-state index contributed by atoms with van der Waals surface area (Å²) in [6.45, 7) is 1.93. The van der Waals surface area contributed by atoms with E-state index in [1.165, 1.54) is 0 Å². The number of benzene rings is 1. The first-order valence-corrected chi connectivity index (χ1v) is 6.17. The van der Waals surface area contributed by atoms with Gasteiger partial charge in [0.05, 0.1) is 12.7 Å². The van der Waals surface area contributed by atoms with E-state index in [0.717, 1.165) is 25.0 Å². The average molecular weight is 274 g/mol. The van der Waals surface area contributed by atoms with Gasteiger partial charge in [0, 0.05) is 25.3 Å². The number of hydrogen-bond donors (Lipinski definition) is 1. The minimum Gasteiger partial charge on any atom is -0.503 e. The largest absolute Gasteiger partial charge is 0.503 e. The first-order valence-electron chi connectivity index (χ1n) is 6.17. The first kappa shape index (κ1) is 14.0. The Bertz CT molecular complexity index is 396. The monoisotopic (exact) mass is 274 g/mol.